The van der Waals surface area contributed by atoms with Gasteiger partial charge in [-0.15, -0.1) is 11.8 Å². The molecule has 126 valence electrons. The van der Waals surface area contributed by atoms with Gasteiger partial charge in [0.1, 0.15) is 0 Å². The summed E-state index contributed by atoms with van der Waals surface area (Å²) in [4.78, 5) is 22.3. The quantitative estimate of drug-likeness (QED) is 0.585. The molecule has 0 bridgehead atoms. The summed E-state index contributed by atoms with van der Waals surface area (Å²) in [5, 5.41) is 13.7. The number of thioether (sulfide) groups is 1. The molecule has 0 fully saturated rings. The summed E-state index contributed by atoms with van der Waals surface area (Å²) in [7, 11) is 0. The second-order valence-corrected chi connectivity index (χ2v) is 6.72. The second-order valence-electron chi connectivity index (χ2n) is 5.39. The van der Waals surface area contributed by atoms with Crippen LogP contribution in [0.5, 0.6) is 0 Å². The molecule has 0 aliphatic heterocycles. The average Bonchev–Trinajstić information content (AvgIpc) is 2.60. The normalized spacial score (nSPS) is 11.7. The Hall–Kier alpha value is -2.34. The number of amides is 1. The number of rotatable bonds is 8. The van der Waals surface area contributed by atoms with Crippen LogP contribution in [0.4, 0.5) is 5.69 Å². The number of nitro groups is 1. The zero-order valence-electron chi connectivity index (χ0n) is 13.5. The van der Waals surface area contributed by atoms with Crippen molar-refractivity contribution in [1.29, 1.82) is 0 Å². The molecule has 0 spiro atoms. The maximum Gasteiger partial charge on any atom is 0.269 e. The number of non-ortho nitro benzene ring substituents is 1. The van der Waals surface area contributed by atoms with Crippen molar-refractivity contribution in [3.8, 4) is 0 Å². The Morgan fingerprint density at radius 1 is 1.21 bits per heavy atom. The van der Waals surface area contributed by atoms with E-state index in [1.165, 1.54) is 23.4 Å². The van der Waals surface area contributed by atoms with Gasteiger partial charge in [0.2, 0.25) is 5.91 Å². The van der Waals surface area contributed by atoms with E-state index in [1.807, 2.05) is 43.3 Å². The van der Waals surface area contributed by atoms with Crippen LogP contribution < -0.4 is 5.32 Å². The van der Waals surface area contributed by atoms with Gasteiger partial charge in [-0.25, -0.2) is 0 Å². The topological polar surface area (TPSA) is 72.2 Å². The van der Waals surface area contributed by atoms with Gasteiger partial charge in [-0.1, -0.05) is 42.5 Å². The standard InChI is InChI=1S/C18H20N2O3S/c1-14(16-8-5-9-17(12-16)20(22)23)24-13-18(21)19-11-10-15-6-3-2-4-7-15/h2-9,12,14H,10-11,13H2,1H3,(H,19,21)/t14-/m0/s1. The third-order valence-corrected chi connectivity index (χ3v) is 4.79. The first-order chi connectivity index (χ1) is 11.6. The molecule has 0 heterocycles. The van der Waals surface area contributed by atoms with Gasteiger partial charge in [0, 0.05) is 23.9 Å². The Bertz CT molecular complexity index is 692. The van der Waals surface area contributed by atoms with Gasteiger partial charge >= 0.3 is 0 Å². The smallest absolute Gasteiger partial charge is 0.269 e. The number of hydrogen-bond donors (Lipinski definition) is 1. The average molecular weight is 344 g/mol. The molecule has 1 amide bonds. The fraction of sp³-hybridized carbons (Fsp3) is 0.278. The number of hydrogen-bond acceptors (Lipinski definition) is 4. The highest BCUT2D eigenvalue weighted by Crippen LogP contribution is 2.29. The van der Waals surface area contributed by atoms with Crippen LogP contribution in [0.2, 0.25) is 0 Å². The fourth-order valence-electron chi connectivity index (χ4n) is 2.23. The molecule has 0 radical (unpaired) electrons. The van der Waals surface area contributed by atoms with Crippen LogP contribution in [-0.2, 0) is 11.2 Å². The van der Waals surface area contributed by atoms with E-state index in [0.717, 1.165) is 12.0 Å². The largest absolute Gasteiger partial charge is 0.355 e. The maximum atomic E-state index is 11.9. The first kappa shape index (κ1) is 18.0. The molecule has 1 N–H and O–H groups in total. The van der Waals surface area contributed by atoms with Gasteiger partial charge in [-0.05, 0) is 24.5 Å². The highest BCUT2D eigenvalue weighted by atomic mass is 32.2. The van der Waals surface area contributed by atoms with Crippen molar-refractivity contribution in [3.63, 3.8) is 0 Å². The molecule has 2 aromatic carbocycles. The van der Waals surface area contributed by atoms with E-state index in [1.54, 1.807) is 12.1 Å². The Labute approximate surface area is 145 Å². The zero-order valence-corrected chi connectivity index (χ0v) is 14.3. The van der Waals surface area contributed by atoms with Gasteiger partial charge in [0.05, 0.1) is 10.7 Å². The van der Waals surface area contributed by atoms with E-state index in [2.05, 4.69) is 5.32 Å². The van der Waals surface area contributed by atoms with Crippen molar-refractivity contribution >= 4 is 23.4 Å². The van der Waals surface area contributed by atoms with Crippen molar-refractivity contribution in [2.45, 2.75) is 18.6 Å². The molecular formula is C18H20N2O3S. The summed E-state index contributed by atoms with van der Waals surface area (Å²) in [5.74, 6) is 0.312. The summed E-state index contributed by atoms with van der Waals surface area (Å²) in [6, 6.07) is 16.5. The Morgan fingerprint density at radius 3 is 2.67 bits per heavy atom. The van der Waals surface area contributed by atoms with Crippen molar-refractivity contribution < 1.29 is 9.72 Å². The van der Waals surface area contributed by atoms with E-state index in [0.29, 0.717) is 12.3 Å². The van der Waals surface area contributed by atoms with Crippen LogP contribution in [0, 0.1) is 10.1 Å². The molecule has 0 aliphatic carbocycles. The molecule has 2 aromatic rings. The molecule has 5 nitrogen and oxygen atoms in total. The molecule has 0 unspecified atom stereocenters. The third kappa shape index (κ3) is 5.70. The Kier molecular flexibility index (Phi) is 6.81. The van der Waals surface area contributed by atoms with E-state index < -0.39 is 4.92 Å². The first-order valence-electron chi connectivity index (χ1n) is 7.73. The van der Waals surface area contributed by atoms with Crippen LogP contribution in [0.3, 0.4) is 0 Å². The predicted molar refractivity (Wildman–Crippen MR) is 97.1 cm³/mol. The predicted octanol–water partition coefficient (Wildman–Crippen LogP) is 3.75. The molecule has 6 heteroatoms. The lowest BCUT2D eigenvalue weighted by Crippen LogP contribution is -2.27. The lowest BCUT2D eigenvalue weighted by Gasteiger charge is -2.11. The van der Waals surface area contributed by atoms with Crippen molar-refractivity contribution in [2.24, 2.45) is 0 Å². The minimum Gasteiger partial charge on any atom is -0.355 e. The first-order valence-corrected chi connectivity index (χ1v) is 8.77. The monoisotopic (exact) mass is 344 g/mol. The van der Waals surface area contributed by atoms with Crippen LogP contribution in [-0.4, -0.2) is 23.1 Å². The lowest BCUT2D eigenvalue weighted by atomic mass is 10.1. The highest BCUT2D eigenvalue weighted by Gasteiger charge is 2.13. The minimum atomic E-state index is -0.406. The Balaban J connectivity index is 1.75. The summed E-state index contributed by atoms with van der Waals surface area (Å²) in [6.07, 6.45) is 0.803. The summed E-state index contributed by atoms with van der Waals surface area (Å²) < 4.78 is 0. The summed E-state index contributed by atoms with van der Waals surface area (Å²) in [5.41, 5.74) is 2.12. The number of nitro benzene ring substituents is 1. The van der Waals surface area contributed by atoms with E-state index in [9.17, 15) is 14.9 Å². The molecule has 2 rings (SSSR count). The molecular weight excluding hydrogens is 324 g/mol. The van der Waals surface area contributed by atoms with Crippen LogP contribution in [0.1, 0.15) is 23.3 Å². The number of benzene rings is 2. The fourth-order valence-corrected chi connectivity index (χ4v) is 3.07. The number of nitrogens with zero attached hydrogens (tertiary/aromatic N) is 1. The molecule has 0 saturated heterocycles. The van der Waals surface area contributed by atoms with Crippen LogP contribution >= 0.6 is 11.8 Å². The maximum absolute atomic E-state index is 11.9. The molecule has 1 atom stereocenters. The molecule has 0 saturated carbocycles. The number of carbonyl (C=O) groups is 1. The van der Waals surface area contributed by atoms with Gasteiger partial charge < -0.3 is 5.32 Å². The lowest BCUT2D eigenvalue weighted by molar-refractivity contribution is -0.384. The molecule has 0 aromatic heterocycles. The van der Waals surface area contributed by atoms with Crippen molar-refractivity contribution in [1.82, 2.24) is 5.32 Å². The highest BCUT2D eigenvalue weighted by molar-refractivity contribution is 8.00. The Morgan fingerprint density at radius 2 is 1.96 bits per heavy atom. The SMILES string of the molecule is C[C@H](SCC(=O)NCCc1ccccc1)c1cccc([N+](=O)[O-])c1. The van der Waals surface area contributed by atoms with Crippen LogP contribution in [0.15, 0.2) is 54.6 Å². The molecule has 0 aliphatic rings. The second kappa shape index (κ2) is 9.08. The van der Waals surface area contributed by atoms with Crippen LogP contribution in [0.25, 0.3) is 0 Å². The minimum absolute atomic E-state index is 0.0183. The van der Waals surface area contributed by atoms with E-state index in [-0.39, 0.29) is 16.8 Å². The van der Waals surface area contributed by atoms with Crippen molar-refractivity contribution in [2.75, 3.05) is 12.3 Å². The van der Waals surface area contributed by atoms with Crippen molar-refractivity contribution in [3.05, 3.63) is 75.8 Å². The van der Waals surface area contributed by atoms with Gasteiger partial charge in [-0.3, -0.25) is 14.9 Å². The third-order valence-electron chi connectivity index (χ3n) is 3.59. The summed E-state index contributed by atoms with van der Waals surface area (Å²) in [6.45, 7) is 2.55. The summed E-state index contributed by atoms with van der Waals surface area (Å²) >= 11 is 1.47. The molecule has 24 heavy (non-hydrogen) atoms. The van der Waals surface area contributed by atoms with Gasteiger partial charge in [0.25, 0.3) is 5.69 Å². The van der Waals surface area contributed by atoms with E-state index >= 15 is 0 Å². The zero-order chi connectivity index (χ0) is 17.4. The van der Waals surface area contributed by atoms with E-state index in [4.69, 9.17) is 0 Å². The van der Waals surface area contributed by atoms with Gasteiger partial charge in [0.15, 0.2) is 0 Å². The van der Waals surface area contributed by atoms with Gasteiger partial charge in [-0.2, -0.15) is 0 Å². The number of nitrogens with one attached hydrogen (secondary N) is 1. The number of carbonyl (C=O) groups excluding carboxylic acids is 1.